The van der Waals surface area contributed by atoms with Crippen LogP contribution in [0.25, 0.3) is 0 Å². The molecule has 122 valence electrons. The van der Waals surface area contributed by atoms with E-state index in [0.29, 0.717) is 17.2 Å². The Morgan fingerprint density at radius 3 is 2.78 bits per heavy atom. The number of H-pyrrole nitrogens is 1. The van der Waals surface area contributed by atoms with Gasteiger partial charge in [0.15, 0.2) is 0 Å². The zero-order valence-electron chi connectivity index (χ0n) is 13.7. The number of aromatic nitrogens is 1. The number of hydrogen-bond acceptors (Lipinski definition) is 4. The lowest BCUT2D eigenvalue weighted by Gasteiger charge is -2.04. The first kappa shape index (κ1) is 17.1. The van der Waals surface area contributed by atoms with E-state index in [1.165, 1.54) is 0 Å². The molecule has 0 bridgehead atoms. The highest BCUT2D eigenvalue weighted by molar-refractivity contribution is 6.30. The smallest absolute Gasteiger partial charge is 0.340 e. The molecule has 0 atom stereocenters. The number of aromatic amines is 1. The van der Waals surface area contributed by atoms with Crippen molar-refractivity contribution in [1.29, 1.82) is 0 Å². The van der Waals surface area contributed by atoms with E-state index >= 15 is 0 Å². The zero-order valence-corrected chi connectivity index (χ0v) is 14.4. The van der Waals surface area contributed by atoms with Crippen molar-refractivity contribution in [3.63, 3.8) is 0 Å². The van der Waals surface area contributed by atoms with Crippen molar-refractivity contribution in [1.82, 2.24) is 4.98 Å². The number of anilines is 1. The van der Waals surface area contributed by atoms with E-state index in [1.54, 1.807) is 19.1 Å². The van der Waals surface area contributed by atoms with Crippen LogP contribution >= 0.6 is 11.6 Å². The number of rotatable bonds is 5. The summed E-state index contributed by atoms with van der Waals surface area (Å²) in [5.74, 6) is -0.319. The number of nitrogens with one attached hydrogen (secondary N) is 2. The Hall–Kier alpha value is -2.27. The third kappa shape index (κ3) is 3.93. The number of hydrogen-bond donors (Lipinski definition) is 2. The summed E-state index contributed by atoms with van der Waals surface area (Å²) in [6.07, 6.45) is 0. The van der Waals surface area contributed by atoms with Gasteiger partial charge in [0.05, 0.1) is 29.3 Å². The van der Waals surface area contributed by atoms with E-state index in [2.05, 4.69) is 15.5 Å². The van der Waals surface area contributed by atoms with Gasteiger partial charge in [0.25, 0.3) is 0 Å². The number of halogens is 1. The number of ether oxygens (including phenoxy) is 1. The maximum atomic E-state index is 12.0. The first-order valence-electron chi connectivity index (χ1n) is 7.36. The predicted molar refractivity (Wildman–Crippen MR) is 93.5 cm³/mol. The highest BCUT2D eigenvalue weighted by Crippen LogP contribution is 2.20. The van der Waals surface area contributed by atoms with Crippen LogP contribution in [0, 0.1) is 13.8 Å². The van der Waals surface area contributed by atoms with Crippen molar-refractivity contribution < 1.29 is 9.53 Å². The summed E-state index contributed by atoms with van der Waals surface area (Å²) in [5.41, 5.74) is 7.47. The number of carbonyl (C=O) groups excluding carboxylic acids is 1. The molecule has 0 radical (unpaired) electrons. The predicted octanol–water partition coefficient (Wildman–Crippen LogP) is 4.30. The minimum absolute atomic E-state index is 0.319. The number of nitrogens with zero attached hydrogens (tertiary/aromatic N) is 1. The van der Waals surface area contributed by atoms with Crippen LogP contribution in [0.4, 0.5) is 5.69 Å². The van der Waals surface area contributed by atoms with Gasteiger partial charge in [-0.05, 0) is 51.5 Å². The van der Waals surface area contributed by atoms with Crippen molar-refractivity contribution in [2.75, 3.05) is 12.0 Å². The van der Waals surface area contributed by atoms with Gasteiger partial charge in [0, 0.05) is 10.7 Å². The van der Waals surface area contributed by atoms with Crippen LogP contribution in [-0.2, 0) is 4.74 Å². The molecule has 23 heavy (non-hydrogen) atoms. The lowest BCUT2D eigenvalue weighted by molar-refractivity contribution is 0.0525. The maximum absolute atomic E-state index is 12.0. The highest BCUT2D eigenvalue weighted by Gasteiger charge is 2.20. The highest BCUT2D eigenvalue weighted by atomic mass is 35.5. The van der Waals surface area contributed by atoms with Gasteiger partial charge in [-0.3, -0.25) is 5.43 Å². The van der Waals surface area contributed by atoms with Crippen molar-refractivity contribution in [3.8, 4) is 0 Å². The summed E-state index contributed by atoms with van der Waals surface area (Å²) in [7, 11) is 0. The van der Waals surface area contributed by atoms with E-state index in [0.717, 1.165) is 28.4 Å². The molecule has 0 spiro atoms. The largest absolute Gasteiger partial charge is 0.462 e. The van der Waals surface area contributed by atoms with Gasteiger partial charge in [0.2, 0.25) is 0 Å². The van der Waals surface area contributed by atoms with E-state index in [1.807, 2.05) is 32.9 Å². The summed E-state index contributed by atoms with van der Waals surface area (Å²) in [5, 5.41) is 4.99. The van der Waals surface area contributed by atoms with E-state index < -0.39 is 0 Å². The lowest BCUT2D eigenvalue weighted by atomic mass is 10.1. The molecule has 2 aromatic rings. The van der Waals surface area contributed by atoms with Crippen molar-refractivity contribution in [3.05, 3.63) is 51.8 Å². The van der Waals surface area contributed by atoms with Gasteiger partial charge in [0.1, 0.15) is 0 Å². The van der Waals surface area contributed by atoms with Crippen LogP contribution in [-0.4, -0.2) is 23.3 Å². The molecule has 0 saturated carbocycles. The van der Waals surface area contributed by atoms with Gasteiger partial charge in [-0.1, -0.05) is 17.7 Å². The average Bonchev–Trinajstić information content (AvgIpc) is 2.80. The standard InChI is InChI=1S/C17H20ClN3O2/c1-5-23-17(22)15-10(2)16(19-11(15)3)12(4)20-21-14-8-6-7-13(18)9-14/h6-9,19,21H,5H2,1-4H3/b20-12+. The molecule has 6 heteroatoms. The van der Waals surface area contributed by atoms with Crippen LogP contribution < -0.4 is 5.43 Å². The van der Waals surface area contributed by atoms with Crippen molar-refractivity contribution in [2.24, 2.45) is 5.10 Å². The summed E-state index contributed by atoms with van der Waals surface area (Å²) in [6.45, 7) is 7.73. The van der Waals surface area contributed by atoms with Crippen molar-refractivity contribution >= 4 is 29.0 Å². The van der Waals surface area contributed by atoms with Crippen LogP contribution in [0.5, 0.6) is 0 Å². The quantitative estimate of drug-likeness (QED) is 0.487. The molecule has 0 aliphatic carbocycles. The Morgan fingerprint density at radius 2 is 2.13 bits per heavy atom. The van der Waals surface area contributed by atoms with Crippen LogP contribution in [0.2, 0.25) is 5.02 Å². The molecule has 0 unspecified atom stereocenters. The molecule has 0 saturated heterocycles. The van der Waals surface area contributed by atoms with Gasteiger partial charge in [-0.15, -0.1) is 0 Å². The molecular weight excluding hydrogens is 314 g/mol. The zero-order chi connectivity index (χ0) is 17.0. The van der Waals surface area contributed by atoms with Crippen LogP contribution in [0.3, 0.4) is 0 Å². The van der Waals surface area contributed by atoms with Crippen LogP contribution in [0.1, 0.15) is 41.2 Å². The second-order valence-corrected chi connectivity index (χ2v) is 5.60. The Labute approximate surface area is 140 Å². The van der Waals surface area contributed by atoms with Crippen LogP contribution in [0.15, 0.2) is 29.4 Å². The molecular formula is C17H20ClN3O2. The van der Waals surface area contributed by atoms with Crippen molar-refractivity contribution in [2.45, 2.75) is 27.7 Å². The number of hydrazone groups is 1. The second kappa shape index (κ2) is 7.33. The number of esters is 1. The van der Waals surface area contributed by atoms with E-state index in [4.69, 9.17) is 16.3 Å². The number of carbonyl (C=O) groups is 1. The van der Waals surface area contributed by atoms with E-state index in [9.17, 15) is 4.79 Å². The second-order valence-electron chi connectivity index (χ2n) is 5.16. The molecule has 5 nitrogen and oxygen atoms in total. The molecule has 2 rings (SSSR count). The third-order valence-corrected chi connectivity index (χ3v) is 3.69. The first-order chi connectivity index (χ1) is 10.9. The summed E-state index contributed by atoms with van der Waals surface area (Å²) >= 11 is 5.95. The fraction of sp³-hybridized carbons (Fsp3) is 0.294. The Balaban J connectivity index is 2.25. The minimum Gasteiger partial charge on any atom is -0.462 e. The van der Waals surface area contributed by atoms with Gasteiger partial charge in [-0.25, -0.2) is 4.79 Å². The molecule has 0 amide bonds. The topological polar surface area (TPSA) is 66.5 Å². The Bertz CT molecular complexity index is 750. The SMILES string of the molecule is CCOC(=O)c1c(C)[nH]c(/C(C)=N/Nc2cccc(Cl)c2)c1C. The normalized spacial score (nSPS) is 11.4. The van der Waals surface area contributed by atoms with E-state index in [-0.39, 0.29) is 5.97 Å². The maximum Gasteiger partial charge on any atom is 0.340 e. The fourth-order valence-electron chi connectivity index (χ4n) is 2.38. The Morgan fingerprint density at radius 1 is 1.39 bits per heavy atom. The summed E-state index contributed by atoms with van der Waals surface area (Å²) in [6, 6.07) is 7.31. The van der Waals surface area contributed by atoms with Gasteiger partial charge in [-0.2, -0.15) is 5.10 Å². The number of benzene rings is 1. The molecule has 1 heterocycles. The van der Waals surface area contributed by atoms with Gasteiger partial charge < -0.3 is 9.72 Å². The third-order valence-electron chi connectivity index (χ3n) is 3.46. The molecule has 1 aromatic heterocycles. The molecule has 0 aliphatic rings. The fourth-order valence-corrected chi connectivity index (χ4v) is 2.57. The summed E-state index contributed by atoms with van der Waals surface area (Å²) < 4.78 is 5.10. The average molecular weight is 334 g/mol. The Kier molecular flexibility index (Phi) is 5.45. The molecule has 1 aromatic carbocycles. The molecule has 2 N–H and O–H groups in total. The summed E-state index contributed by atoms with van der Waals surface area (Å²) in [4.78, 5) is 15.2. The van der Waals surface area contributed by atoms with Gasteiger partial charge >= 0.3 is 5.97 Å². The molecule has 0 fully saturated rings. The lowest BCUT2D eigenvalue weighted by Crippen LogP contribution is -2.07. The minimum atomic E-state index is -0.319. The first-order valence-corrected chi connectivity index (χ1v) is 7.74. The number of aryl methyl sites for hydroxylation is 1. The monoisotopic (exact) mass is 333 g/mol. The molecule has 0 aliphatic heterocycles.